The van der Waals surface area contributed by atoms with Gasteiger partial charge >= 0.3 is 6.03 Å². The van der Waals surface area contributed by atoms with Gasteiger partial charge in [-0.05, 0) is 92.7 Å². The Balaban J connectivity index is 1.19. The second kappa shape index (κ2) is 6.17. The Morgan fingerprint density at radius 3 is 2.50 bits per heavy atom. The highest BCUT2D eigenvalue weighted by Gasteiger charge is 2.52. The molecule has 5 fully saturated rings. The molecule has 4 nitrogen and oxygen atoms in total. The monoisotopic (exact) mass is 354 g/mol. The number of benzene rings is 1. The fourth-order valence-electron chi connectivity index (χ4n) is 6.77. The Kier molecular flexibility index (Phi) is 3.91. The third kappa shape index (κ3) is 3.08. The second-order valence-corrected chi connectivity index (χ2v) is 9.60. The van der Waals surface area contributed by atoms with Crippen molar-refractivity contribution in [3.05, 3.63) is 29.8 Å². The molecule has 140 valence electrons. The Morgan fingerprint density at radius 2 is 1.85 bits per heavy atom. The SMILES string of the molecule is O=C(NC12CC3CC(CC(C3)C1)C2)N1CCC(Cc2cccc(O)c2)C1. The molecular weight excluding hydrogens is 324 g/mol. The molecule has 1 saturated heterocycles. The molecule has 4 saturated carbocycles. The first-order valence-corrected chi connectivity index (χ1v) is 10.4. The third-order valence-electron chi connectivity index (χ3n) is 7.42. The van der Waals surface area contributed by atoms with E-state index in [1.54, 1.807) is 6.07 Å². The summed E-state index contributed by atoms with van der Waals surface area (Å²) in [5.41, 5.74) is 1.27. The number of hydrogen-bond acceptors (Lipinski definition) is 2. The summed E-state index contributed by atoms with van der Waals surface area (Å²) in [5.74, 6) is 3.41. The van der Waals surface area contributed by atoms with Crippen molar-refractivity contribution in [2.45, 2.75) is 56.9 Å². The molecule has 2 amide bonds. The maximum Gasteiger partial charge on any atom is 0.317 e. The average Bonchev–Trinajstić information content (AvgIpc) is 3.02. The van der Waals surface area contributed by atoms with Gasteiger partial charge < -0.3 is 15.3 Å². The van der Waals surface area contributed by atoms with E-state index in [4.69, 9.17) is 0 Å². The van der Waals surface area contributed by atoms with Gasteiger partial charge in [-0.15, -0.1) is 0 Å². The van der Waals surface area contributed by atoms with Crippen LogP contribution in [-0.4, -0.2) is 34.7 Å². The summed E-state index contributed by atoms with van der Waals surface area (Å²) in [6.07, 6.45) is 9.86. The summed E-state index contributed by atoms with van der Waals surface area (Å²) in [7, 11) is 0. The van der Waals surface area contributed by atoms with Crippen LogP contribution in [0.5, 0.6) is 5.75 Å². The van der Waals surface area contributed by atoms with E-state index in [0.29, 0.717) is 11.7 Å². The molecule has 1 aromatic carbocycles. The fraction of sp³-hybridized carbons (Fsp3) is 0.682. The zero-order valence-electron chi connectivity index (χ0n) is 15.5. The van der Waals surface area contributed by atoms with E-state index in [1.807, 2.05) is 17.0 Å². The Morgan fingerprint density at radius 1 is 1.15 bits per heavy atom. The van der Waals surface area contributed by atoms with Gasteiger partial charge in [0.2, 0.25) is 0 Å². The van der Waals surface area contributed by atoms with E-state index in [-0.39, 0.29) is 11.6 Å². The number of amides is 2. The maximum atomic E-state index is 13.0. The molecule has 1 aliphatic heterocycles. The molecule has 26 heavy (non-hydrogen) atoms. The van der Waals surface area contributed by atoms with Gasteiger partial charge in [0, 0.05) is 18.6 Å². The number of hydrogen-bond donors (Lipinski definition) is 2. The topological polar surface area (TPSA) is 52.6 Å². The van der Waals surface area contributed by atoms with Crippen LogP contribution in [-0.2, 0) is 6.42 Å². The molecule has 0 radical (unpaired) electrons. The normalized spacial score (nSPS) is 37.9. The number of urea groups is 1. The lowest BCUT2D eigenvalue weighted by atomic mass is 9.53. The number of likely N-dealkylation sites (tertiary alicyclic amines) is 1. The first-order valence-electron chi connectivity index (χ1n) is 10.4. The first kappa shape index (κ1) is 16.5. The van der Waals surface area contributed by atoms with Gasteiger partial charge in [-0.1, -0.05) is 12.1 Å². The molecule has 1 atom stereocenters. The highest BCUT2D eigenvalue weighted by molar-refractivity contribution is 5.75. The quantitative estimate of drug-likeness (QED) is 0.864. The molecular formula is C22H30N2O2. The van der Waals surface area contributed by atoms with Crippen LogP contribution < -0.4 is 5.32 Å². The lowest BCUT2D eigenvalue weighted by Crippen LogP contribution is -2.61. The largest absolute Gasteiger partial charge is 0.508 e. The van der Waals surface area contributed by atoms with Crippen LogP contribution in [0.1, 0.15) is 50.5 Å². The Bertz CT molecular complexity index is 666. The molecule has 4 bridgehead atoms. The van der Waals surface area contributed by atoms with Gasteiger partial charge in [0.15, 0.2) is 0 Å². The van der Waals surface area contributed by atoms with Crippen LogP contribution >= 0.6 is 0 Å². The van der Waals surface area contributed by atoms with E-state index >= 15 is 0 Å². The molecule has 2 N–H and O–H groups in total. The third-order valence-corrected chi connectivity index (χ3v) is 7.42. The molecule has 1 unspecified atom stereocenters. The minimum atomic E-state index is 0.106. The predicted molar refractivity (Wildman–Crippen MR) is 101 cm³/mol. The van der Waals surface area contributed by atoms with Crippen molar-refractivity contribution in [1.82, 2.24) is 10.2 Å². The summed E-state index contributed by atoms with van der Waals surface area (Å²) < 4.78 is 0. The number of nitrogens with one attached hydrogen (secondary N) is 1. The van der Waals surface area contributed by atoms with Gasteiger partial charge in [0.25, 0.3) is 0 Å². The summed E-state index contributed by atoms with van der Waals surface area (Å²) in [6.45, 7) is 1.70. The second-order valence-electron chi connectivity index (χ2n) is 9.60. The predicted octanol–water partition coefficient (Wildman–Crippen LogP) is 3.94. The highest BCUT2D eigenvalue weighted by atomic mass is 16.3. The number of carbonyl (C=O) groups is 1. The standard InChI is InChI=1S/C22H30N2O2/c25-20-3-1-2-15(10-20)6-16-4-5-24(14-16)21(26)23-22-11-17-7-18(12-22)9-19(8-17)13-22/h1-3,10,16-19,25H,4-9,11-14H2,(H,23,26). The molecule has 1 aromatic rings. The van der Waals surface area contributed by atoms with E-state index in [9.17, 15) is 9.90 Å². The van der Waals surface area contributed by atoms with Crippen molar-refractivity contribution >= 4 is 6.03 Å². The summed E-state index contributed by atoms with van der Waals surface area (Å²) in [4.78, 5) is 15.0. The Hall–Kier alpha value is -1.71. The van der Waals surface area contributed by atoms with Crippen molar-refractivity contribution in [3.8, 4) is 5.75 Å². The molecule has 0 aromatic heterocycles. The van der Waals surface area contributed by atoms with E-state index in [0.717, 1.165) is 43.7 Å². The van der Waals surface area contributed by atoms with Crippen molar-refractivity contribution in [3.63, 3.8) is 0 Å². The van der Waals surface area contributed by atoms with E-state index < -0.39 is 0 Å². The van der Waals surface area contributed by atoms with Crippen LogP contribution in [0.4, 0.5) is 4.79 Å². The van der Waals surface area contributed by atoms with Crippen LogP contribution in [0.2, 0.25) is 0 Å². The molecule has 5 aliphatic rings. The summed E-state index contributed by atoms with van der Waals surface area (Å²) >= 11 is 0. The smallest absolute Gasteiger partial charge is 0.317 e. The number of aromatic hydroxyl groups is 1. The van der Waals surface area contributed by atoms with Crippen molar-refractivity contribution in [2.75, 3.05) is 13.1 Å². The van der Waals surface area contributed by atoms with Crippen LogP contribution in [0.15, 0.2) is 24.3 Å². The van der Waals surface area contributed by atoms with Gasteiger partial charge in [-0.2, -0.15) is 0 Å². The highest BCUT2D eigenvalue weighted by Crippen LogP contribution is 2.55. The van der Waals surface area contributed by atoms with Gasteiger partial charge in [-0.25, -0.2) is 4.79 Å². The van der Waals surface area contributed by atoms with Crippen LogP contribution in [0, 0.1) is 23.7 Å². The molecule has 1 heterocycles. The molecule has 6 rings (SSSR count). The first-order chi connectivity index (χ1) is 12.6. The van der Waals surface area contributed by atoms with Crippen LogP contribution in [0.25, 0.3) is 0 Å². The number of phenolic OH excluding ortho intramolecular Hbond substituents is 1. The Labute approximate surface area is 156 Å². The zero-order valence-corrected chi connectivity index (χ0v) is 15.5. The van der Waals surface area contributed by atoms with Crippen molar-refractivity contribution in [2.24, 2.45) is 23.7 Å². The lowest BCUT2D eigenvalue weighted by Gasteiger charge is -2.57. The number of rotatable bonds is 3. The lowest BCUT2D eigenvalue weighted by molar-refractivity contribution is -0.0153. The zero-order chi connectivity index (χ0) is 17.7. The van der Waals surface area contributed by atoms with Gasteiger partial charge in [0.05, 0.1) is 0 Å². The molecule has 4 aliphatic carbocycles. The van der Waals surface area contributed by atoms with Crippen molar-refractivity contribution < 1.29 is 9.90 Å². The minimum absolute atomic E-state index is 0.106. The van der Waals surface area contributed by atoms with Crippen molar-refractivity contribution in [1.29, 1.82) is 0 Å². The summed E-state index contributed by atoms with van der Waals surface area (Å²) in [6, 6.07) is 7.70. The van der Waals surface area contributed by atoms with Crippen LogP contribution in [0.3, 0.4) is 0 Å². The molecule has 4 heteroatoms. The number of nitrogens with zero attached hydrogens (tertiary/aromatic N) is 1. The van der Waals surface area contributed by atoms with E-state index in [2.05, 4.69) is 11.4 Å². The number of carbonyl (C=O) groups excluding carboxylic acids is 1. The minimum Gasteiger partial charge on any atom is -0.508 e. The van der Waals surface area contributed by atoms with E-state index in [1.165, 1.54) is 44.1 Å². The average molecular weight is 354 g/mol. The van der Waals surface area contributed by atoms with Gasteiger partial charge in [-0.3, -0.25) is 0 Å². The number of phenols is 1. The van der Waals surface area contributed by atoms with Gasteiger partial charge in [0.1, 0.15) is 5.75 Å². The molecule has 0 spiro atoms. The fourth-order valence-corrected chi connectivity index (χ4v) is 6.77. The maximum absolute atomic E-state index is 13.0. The summed E-state index contributed by atoms with van der Waals surface area (Å²) in [5, 5.41) is 13.1.